The van der Waals surface area contributed by atoms with Gasteiger partial charge in [-0.1, -0.05) is 6.07 Å². The zero-order valence-electron chi connectivity index (χ0n) is 16.1. The molecule has 5 heterocycles. The van der Waals surface area contributed by atoms with E-state index in [1.807, 2.05) is 35.2 Å². The van der Waals surface area contributed by atoms with Gasteiger partial charge in [-0.05, 0) is 36.4 Å². The lowest BCUT2D eigenvalue weighted by Crippen LogP contribution is -2.47. The number of anilines is 2. The average Bonchev–Trinajstić information content (AvgIpc) is 3.24. The van der Waals surface area contributed by atoms with Gasteiger partial charge >= 0.3 is 6.18 Å². The van der Waals surface area contributed by atoms with Crippen molar-refractivity contribution in [2.45, 2.75) is 6.18 Å². The minimum Gasteiger partial charge on any atom is -0.352 e. The topological polar surface area (TPSA) is 88.2 Å². The summed E-state index contributed by atoms with van der Waals surface area (Å²) >= 11 is 0. The molecule has 0 spiro atoms. The SMILES string of the molecule is FC(F)(F)c1nnc2ccc(N3CCN(c4ccc(-c5ccccn5)nn4)CC3)nn12. The number of hydrogen-bond donors (Lipinski definition) is 0. The van der Waals surface area contributed by atoms with Gasteiger partial charge in [0.25, 0.3) is 5.82 Å². The Balaban J connectivity index is 1.29. The Morgan fingerprint density at radius 3 is 2.10 bits per heavy atom. The van der Waals surface area contributed by atoms with E-state index in [0.29, 0.717) is 37.7 Å². The molecule has 0 aromatic carbocycles. The fourth-order valence-electron chi connectivity index (χ4n) is 3.43. The van der Waals surface area contributed by atoms with Crippen LogP contribution in [0.2, 0.25) is 0 Å². The van der Waals surface area contributed by atoms with Crippen molar-refractivity contribution in [1.82, 2.24) is 35.0 Å². The number of alkyl halides is 3. The fourth-order valence-corrected chi connectivity index (χ4v) is 3.43. The molecule has 1 aliphatic heterocycles. The van der Waals surface area contributed by atoms with E-state index in [2.05, 4.69) is 35.4 Å². The van der Waals surface area contributed by atoms with E-state index in [4.69, 9.17) is 0 Å². The quantitative estimate of drug-likeness (QED) is 0.492. The van der Waals surface area contributed by atoms with Crippen LogP contribution in [-0.2, 0) is 6.18 Å². The van der Waals surface area contributed by atoms with Crippen LogP contribution in [0.5, 0.6) is 0 Å². The molecule has 0 atom stereocenters. The molecule has 0 N–H and O–H groups in total. The van der Waals surface area contributed by atoms with Crippen LogP contribution in [0, 0.1) is 0 Å². The third-order valence-corrected chi connectivity index (χ3v) is 5.01. The van der Waals surface area contributed by atoms with Crippen LogP contribution < -0.4 is 9.80 Å². The molecule has 0 unspecified atom stereocenters. The van der Waals surface area contributed by atoms with Crippen LogP contribution in [0.1, 0.15) is 5.82 Å². The number of aromatic nitrogens is 7. The molecule has 1 aliphatic rings. The Hall–Kier alpha value is -3.83. The molecular weight excluding hydrogens is 411 g/mol. The van der Waals surface area contributed by atoms with E-state index >= 15 is 0 Å². The molecule has 0 saturated carbocycles. The van der Waals surface area contributed by atoms with Crippen LogP contribution >= 0.6 is 0 Å². The highest BCUT2D eigenvalue weighted by Crippen LogP contribution is 2.28. The van der Waals surface area contributed by atoms with Crippen LogP contribution in [0.25, 0.3) is 17.0 Å². The van der Waals surface area contributed by atoms with Crippen molar-refractivity contribution in [3.05, 3.63) is 54.5 Å². The van der Waals surface area contributed by atoms with Crippen molar-refractivity contribution in [2.75, 3.05) is 36.0 Å². The predicted molar refractivity (Wildman–Crippen MR) is 105 cm³/mol. The van der Waals surface area contributed by atoms with Crippen molar-refractivity contribution in [2.24, 2.45) is 0 Å². The largest absolute Gasteiger partial charge is 0.453 e. The highest BCUT2D eigenvalue weighted by atomic mass is 19.4. The standard InChI is InChI=1S/C19H16F3N9/c20-19(21,22)18-27-26-16-6-7-17(28-31(16)18)30-11-9-29(10-12-30)15-5-4-14(24-25-15)13-3-1-2-8-23-13/h1-8H,9-12H2. The first kappa shape index (κ1) is 19.2. The van der Waals surface area contributed by atoms with E-state index in [1.54, 1.807) is 12.3 Å². The van der Waals surface area contributed by atoms with Crippen molar-refractivity contribution >= 4 is 17.3 Å². The molecule has 158 valence electrons. The summed E-state index contributed by atoms with van der Waals surface area (Å²) in [6, 6.07) is 12.5. The summed E-state index contributed by atoms with van der Waals surface area (Å²) in [5.74, 6) is 0.0428. The monoisotopic (exact) mass is 427 g/mol. The van der Waals surface area contributed by atoms with Gasteiger partial charge in [0.15, 0.2) is 11.5 Å². The van der Waals surface area contributed by atoms with Gasteiger partial charge in [0.1, 0.15) is 11.5 Å². The molecule has 31 heavy (non-hydrogen) atoms. The van der Waals surface area contributed by atoms with Gasteiger partial charge in [0, 0.05) is 32.4 Å². The summed E-state index contributed by atoms with van der Waals surface area (Å²) in [5.41, 5.74) is 1.49. The zero-order chi connectivity index (χ0) is 21.4. The lowest BCUT2D eigenvalue weighted by molar-refractivity contribution is -0.146. The molecule has 9 nitrogen and oxygen atoms in total. The van der Waals surface area contributed by atoms with E-state index in [9.17, 15) is 13.2 Å². The van der Waals surface area contributed by atoms with E-state index in [1.165, 1.54) is 6.07 Å². The lowest BCUT2D eigenvalue weighted by Gasteiger charge is -2.35. The second-order valence-electron chi connectivity index (χ2n) is 6.95. The first-order chi connectivity index (χ1) is 15.0. The Labute approximate surface area is 174 Å². The molecular formula is C19H16F3N9. The lowest BCUT2D eigenvalue weighted by atomic mass is 10.2. The fraction of sp³-hybridized carbons (Fsp3) is 0.263. The van der Waals surface area contributed by atoms with Gasteiger partial charge in [-0.25, -0.2) is 0 Å². The number of halogens is 3. The van der Waals surface area contributed by atoms with Crippen LogP contribution in [0.15, 0.2) is 48.7 Å². The van der Waals surface area contributed by atoms with Crippen molar-refractivity contribution in [3.8, 4) is 11.4 Å². The maximum atomic E-state index is 13.1. The predicted octanol–water partition coefficient (Wildman–Crippen LogP) is 2.32. The van der Waals surface area contributed by atoms with Gasteiger partial charge in [0.05, 0.1) is 5.69 Å². The average molecular weight is 427 g/mol. The number of rotatable bonds is 3. The second-order valence-corrected chi connectivity index (χ2v) is 6.95. The Morgan fingerprint density at radius 2 is 1.45 bits per heavy atom. The van der Waals surface area contributed by atoms with E-state index in [0.717, 1.165) is 16.0 Å². The van der Waals surface area contributed by atoms with Gasteiger partial charge in [-0.2, -0.15) is 17.7 Å². The first-order valence-electron chi connectivity index (χ1n) is 9.54. The molecule has 1 fully saturated rings. The van der Waals surface area contributed by atoms with E-state index in [-0.39, 0.29) is 5.65 Å². The van der Waals surface area contributed by atoms with E-state index < -0.39 is 12.0 Å². The summed E-state index contributed by atoms with van der Waals surface area (Å²) in [4.78, 5) is 8.26. The van der Waals surface area contributed by atoms with Gasteiger partial charge in [-0.15, -0.1) is 25.5 Å². The summed E-state index contributed by atoms with van der Waals surface area (Å²) < 4.78 is 40.0. The molecule has 0 amide bonds. The third-order valence-electron chi connectivity index (χ3n) is 5.01. The normalized spacial score (nSPS) is 14.9. The smallest absolute Gasteiger partial charge is 0.352 e. The molecule has 0 radical (unpaired) electrons. The summed E-state index contributed by atoms with van der Waals surface area (Å²) in [6.45, 7) is 2.41. The highest BCUT2D eigenvalue weighted by molar-refractivity contribution is 5.55. The van der Waals surface area contributed by atoms with Crippen LogP contribution in [-0.4, -0.2) is 61.2 Å². The van der Waals surface area contributed by atoms with Gasteiger partial charge < -0.3 is 9.80 Å². The van der Waals surface area contributed by atoms with Gasteiger partial charge in [0.2, 0.25) is 0 Å². The van der Waals surface area contributed by atoms with Crippen LogP contribution in [0.4, 0.5) is 24.8 Å². The minimum absolute atomic E-state index is 0.0537. The summed E-state index contributed by atoms with van der Waals surface area (Å²) in [6.07, 6.45) is -2.92. The molecule has 0 bridgehead atoms. The molecule has 12 heteroatoms. The maximum Gasteiger partial charge on any atom is 0.453 e. The summed E-state index contributed by atoms with van der Waals surface area (Å²) in [5, 5.41) is 19.4. The Bertz CT molecular complexity index is 1180. The zero-order valence-corrected chi connectivity index (χ0v) is 16.1. The molecule has 1 saturated heterocycles. The first-order valence-corrected chi connectivity index (χ1v) is 9.54. The number of nitrogens with zero attached hydrogens (tertiary/aromatic N) is 9. The maximum absolute atomic E-state index is 13.1. The number of piperazine rings is 1. The van der Waals surface area contributed by atoms with Crippen molar-refractivity contribution < 1.29 is 13.2 Å². The molecule has 0 aliphatic carbocycles. The third kappa shape index (κ3) is 3.71. The summed E-state index contributed by atoms with van der Waals surface area (Å²) in [7, 11) is 0. The Kier molecular flexibility index (Phi) is 4.60. The second kappa shape index (κ2) is 7.45. The van der Waals surface area contributed by atoms with Crippen LogP contribution in [0.3, 0.4) is 0 Å². The van der Waals surface area contributed by atoms with Crippen molar-refractivity contribution in [3.63, 3.8) is 0 Å². The Morgan fingerprint density at radius 1 is 0.710 bits per heavy atom. The molecule has 4 aromatic rings. The number of fused-ring (bicyclic) bond motifs is 1. The molecule has 4 aromatic heterocycles. The number of pyridine rings is 1. The highest BCUT2D eigenvalue weighted by Gasteiger charge is 2.37. The number of hydrogen-bond acceptors (Lipinski definition) is 8. The van der Waals surface area contributed by atoms with Crippen molar-refractivity contribution in [1.29, 1.82) is 0 Å². The minimum atomic E-state index is -4.62. The molecule has 5 rings (SSSR count). The van der Waals surface area contributed by atoms with Gasteiger partial charge in [-0.3, -0.25) is 4.98 Å².